The molecule has 1 aromatic rings. The van der Waals surface area contributed by atoms with Gasteiger partial charge < -0.3 is 5.32 Å². The standard InChI is InChI=1S/C14H23N3O/c1-11(2)5-6-12(3)16-14(18)8-7-13-9-15-17(4)10-13/h7-12H,5-6H2,1-4H3,(H,16,18)/b8-7-/t12-/m0/s1. The summed E-state index contributed by atoms with van der Waals surface area (Å²) >= 11 is 0. The van der Waals surface area contributed by atoms with E-state index in [0.29, 0.717) is 5.92 Å². The average molecular weight is 249 g/mol. The summed E-state index contributed by atoms with van der Waals surface area (Å²) in [6.07, 6.45) is 9.08. The molecule has 0 saturated carbocycles. The zero-order valence-corrected chi connectivity index (χ0v) is 11.7. The van der Waals surface area contributed by atoms with Crippen molar-refractivity contribution in [3.63, 3.8) is 0 Å². The highest BCUT2D eigenvalue weighted by Gasteiger charge is 2.05. The molecule has 1 aromatic heterocycles. The number of rotatable bonds is 6. The van der Waals surface area contributed by atoms with Gasteiger partial charge in [0.2, 0.25) is 5.91 Å². The summed E-state index contributed by atoms with van der Waals surface area (Å²) in [5.41, 5.74) is 0.933. The molecule has 1 heterocycles. The molecule has 0 fully saturated rings. The predicted molar refractivity (Wildman–Crippen MR) is 73.9 cm³/mol. The molecule has 0 aliphatic carbocycles. The topological polar surface area (TPSA) is 46.9 Å². The van der Waals surface area contributed by atoms with Gasteiger partial charge in [-0.3, -0.25) is 9.48 Å². The summed E-state index contributed by atoms with van der Waals surface area (Å²) in [6.45, 7) is 6.42. The Labute approximate surface area is 109 Å². The second-order valence-corrected chi connectivity index (χ2v) is 5.16. The smallest absolute Gasteiger partial charge is 0.244 e. The van der Waals surface area contributed by atoms with E-state index in [-0.39, 0.29) is 11.9 Å². The van der Waals surface area contributed by atoms with Crippen LogP contribution in [0.2, 0.25) is 0 Å². The van der Waals surface area contributed by atoms with Gasteiger partial charge in [-0.2, -0.15) is 5.10 Å². The number of nitrogens with one attached hydrogen (secondary N) is 1. The third-order valence-corrected chi connectivity index (χ3v) is 2.72. The van der Waals surface area contributed by atoms with E-state index in [0.717, 1.165) is 18.4 Å². The van der Waals surface area contributed by atoms with Crippen molar-refractivity contribution in [1.82, 2.24) is 15.1 Å². The summed E-state index contributed by atoms with van der Waals surface area (Å²) in [7, 11) is 1.85. The quantitative estimate of drug-likeness (QED) is 0.787. The van der Waals surface area contributed by atoms with Crippen molar-refractivity contribution in [2.45, 2.75) is 39.7 Å². The van der Waals surface area contributed by atoms with Crippen molar-refractivity contribution in [3.8, 4) is 0 Å². The van der Waals surface area contributed by atoms with Crippen LogP contribution in [0, 0.1) is 5.92 Å². The van der Waals surface area contributed by atoms with E-state index in [1.54, 1.807) is 23.0 Å². The Morgan fingerprint density at radius 2 is 2.17 bits per heavy atom. The third-order valence-electron chi connectivity index (χ3n) is 2.72. The molecule has 4 nitrogen and oxygen atoms in total. The van der Waals surface area contributed by atoms with Crippen LogP contribution in [0.15, 0.2) is 18.5 Å². The van der Waals surface area contributed by atoms with E-state index < -0.39 is 0 Å². The second-order valence-electron chi connectivity index (χ2n) is 5.16. The monoisotopic (exact) mass is 249 g/mol. The van der Waals surface area contributed by atoms with E-state index in [1.807, 2.05) is 20.2 Å². The molecule has 1 rings (SSSR count). The van der Waals surface area contributed by atoms with Crippen LogP contribution < -0.4 is 5.32 Å². The van der Waals surface area contributed by atoms with Gasteiger partial charge in [-0.25, -0.2) is 0 Å². The number of nitrogens with zero attached hydrogens (tertiary/aromatic N) is 2. The number of aryl methyl sites for hydroxylation is 1. The SMILES string of the molecule is CC(C)CC[C@H](C)NC(=O)/C=C\c1cnn(C)c1. The number of hydrogen-bond donors (Lipinski definition) is 1. The van der Waals surface area contributed by atoms with Gasteiger partial charge in [-0.05, 0) is 31.8 Å². The summed E-state index contributed by atoms with van der Waals surface area (Å²) in [6, 6.07) is 0.221. The Balaban J connectivity index is 2.34. The van der Waals surface area contributed by atoms with Gasteiger partial charge in [0.25, 0.3) is 0 Å². The van der Waals surface area contributed by atoms with Gasteiger partial charge in [0, 0.05) is 30.9 Å². The lowest BCUT2D eigenvalue weighted by molar-refractivity contribution is -0.117. The molecule has 0 radical (unpaired) electrons. The van der Waals surface area contributed by atoms with Crippen molar-refractivity contribution < 1.29 is 4.79 Å². The number of carbonyl (C=O) groups is 1. The van der Waals surface area contributed by atoms with Crippen molar-refractivity contribution in [1.29, 1.82) is 0 Å². The highest BCUT2D eigenvalue weighted by atomic mass is 16.1. The zero-order chi connectivity index (χ0) is 13.5. The first-order valence-electron chi connectivity index (χ1n) is 6.44. The Bertz CT molecular complexity index is 407. The molecule has 18 heavy (non-hydrogen) atoms. The van der Waals surface area contributed by atoms with Gasteiger partial charge in [0.15, 0.2) is 0 Å². The molecule has 0 spiro atoms. The van der Waals surface area contributed by atoms with Gasteiger partial charge in [0.1, 0.15) is 0 Å². The first-order valence-corrected chi connectivity index (χ1v) is 6.44. The van der Waals surface area contributed by atoms with Crippen LogP contribution in [0.3, 0.4) is 0 Å². The molecule has 0 aliphatic rings. The summed E-state index contributed by atoms with van der Waals surface area (Å²) in [5, 5.41) is 7.00. The molecule has 4 heteroatoms. The molecule has 0 aromatic carbocycles. The van der Waals surface area contributed by atoms with Crippen LogP contribution in [-0.4, -0.2) is 21.7 Å². The Hall–Kier alpha value is -1.58. The van der Waals surface area contributed by atoms with Crippen molar-refractivity contribution in [3.05, 3.63) is 24.0 Å². The van der Waals surface area contributed by atoms with E-state index in [4.69, 9.17) is 0 Å². The molecule has 0 saturated heterocycles. The molecule has 100 valence electrons. The molecule has 0 unspecified atom stereocenters. The normalized spacial score (nSPS) is 13.2. The van der Waals surface area contributed by atoms with Gasteiger partial charge in [-0.15, -0.1) is 0 Å². The lowest BCUT2D eigenvalue weighted by atomic mass is 10.0. The number of hydrogen-bond acceptors (Lipinski definition) is 2. The van der Waals surface area contributed by atoms with Crippen LogP contribution >= 0.6 is 0 Å². The highest BCUT2D eigenvalue weighted by molar-refractivity contribution is 5.91. The molecular weight excluding hydrogens is 226 g/mol. The maximum atomic E-state index is 11.7. The second kappa shape index (κ2) is 6.99. The fourth-order valence-electron chi connectivity index (χ4n) is 1.64. The molecule has 0 aliphatic heterocycles. The minimum Gasteiger partial charge on any atom is -0.350 e. The molecule has 1 amide bonds. The van der Waals surface area contributed by atoms with Crippen molar-refractivity contribution in [2.24, 2.45) is 13.0 Å². The first kappa shape index (κ1) is 14.5. The lowest BCUT2D eigenvalue weighted by Gasteiger charge is -2.13. The molecule has 1 N–H and O–H groups in total. The first-order chi connectivity index (χ1) is 8.47. The minimum atomic E-state index is -0.0462. The Morgan fingerprint density at radius 3 is 2.72 bits per heavy atom. The minimum absolute atomic E-state index is 0.0462. The van der Waals surface area contributed by atoms with Crippen LogP contribution in [0.25, 0.3) is 6.08 Å². The van der Waals surface area contributed by atoms with Crippen LogP contribution in [0.4, 0.5) is 0 Å². The highest BCUT2D eigenvalue weighted by Crippen LogP contribution is 2.06. The van der Waals surface area contributed by atoms with Gasteiger partial charge in [0.05, 0.1) is 6.20 Å². The summed E-state index contributed by atoms with van der Waals surface area (Å²) in [5.74, 6) is 0.630. The van der Waals surface area contributed by atoms with Crippen LogP contribution in [0.5, 0.6) is 0 Å². The van der Waals surface area contributed by atoms with Crippen LogP contribution in [0.1, 0.15) is 39.2 Å². The van der Waals surface area contributed by atoms with Gasteiger partial charge >= 0.3 is 0 Å². The van der Waals surface area contributed by atoms with Gasteiger partial charge in [-0.1, -0.05) is 13.8 Å². The van der Waals surface area contributed by atoms with Crippen LogP contribution in [-0.2, 0) is 11.8 Å². The number of carbonyl (C=O) groups excluding carboxylic acids is 1. The van der Waals surface area contributed by atoms with Crippen molar-refractivity contribution in [2.75, 3.05) is 0 Å². The molecule has 1 atom stereocenters. The van der Waals surface area contributed by atoms with E-state index in [1.165, 1.54) is 0 Å². The largest absolute Gasteiger partial charge is 0.350 e. The fraction of sp³-hybridized carbons (Fsp3) is 0.571. The lowest BCUT2D eigenvalue weighted by Crippen LogP contribution is -2.31. The Kier molecular flexibility index (Phi) is 5.62. The number of aromatic nitrogens is 2. The summed E-state index contributed by atoms with van der Waals surface area (Å²) in [4.78, 5) is 11.7. The zero-order valence-electron chi connectivity index (χ0n) is 11.7. The summed E-state index contributed by atoms with van der Waals surface area (Å²) < 4.78 is 1.71. The fourth-order valence-corrected chi connectivity index (χ4v) is 1.64. The maximum Gasteiger partial charge on any atom is 0.244 e. The maximum absolute atomic E-state index is 11.7. The van der Waals surface area contributed by atoms with E-state index >= 15 is 0 Å². The van der Waals surface area contributed by atoms with E-state index in [9.17, 15) is 4.79 Å². The molecular formula is C14H23N3O. The number of amides is 1. The Morgan fingerprint density at radius 1 is 1.44 bits per heavy atom. The third kappa shape index (κ3) is 5.66. The van der Waals surface area contributed by atoms with E-state index in [2.05, 4.69) is 24.3 Å². The molecule has 0 bridgehead atoms. The predicted octanol–water partition coefficient (Wildman–Crippen LogP) is 2.37. The average Bonchev–Trinajstić information content (AvgIpc) is 2.70. The van der Waals surface area contributed by atoms with Crippen molar-refractivity contribution >= 4 is 12.0 Å².